The molecule has 1 atom stereocenters. The average molecular weight is 286 g/mol. The van der Waals surface area contributed by atoms with Crippen molar-refractivity contribution in [1.29, 1.82) is 0 Å². The molecule has 4 nitrogen and oxygen atoms in total. The van der Waals surface area contributed by atoms with Crippen molar-refractivity contribution in [3.63, 3.8) is 0 Å². The number of hydrogen-bond acceptors (Lipinski definition) is 4. The third-order valence-corrected chi connectivity index (χ3v) is 4.50. The van der Waals surface area contributed by atoms with E-state index >= 15 is 0 Å². The molecule has 1 heterocycles. The fourth-order valence-corrected chi connectivity index (χ4v) is 3.13. The average Bonchev–Trinajstić information content (AvgIpc) is 2.49. The van der Waals surface area contributed by atoms with Crippen molar-refractivity contribution < 1.29 is 13.5 Å². The van der Waals surface area contributed by atoms with Crippen LogP contribution < -0.4 is 5.14 Å². The molecule has 7 heteroatoms. The minimum absolute atomic E-state index is 0.0273. The SMILES string of the molecule is NS(=O)(=O)c1sccc1[C@H](O)CBr. The first-order valence-electron chi connectivity index (χ1n) is 3.31. The minimum Gasteiger partial charge on any atom is -0.387 e. The smallest absolute Gasteiger partial charge is 0.247 e. The molecule has 0 saturated carbocycles. The molecular formula is C6H8BrNO3S2. The number of alkyl halides is 1. The summed E-state index contributed by atoms with van der Waals surface area (Å²) >= 11 is 4.06. The minimum atomic E-state index is -3.71. The van der Waals surface area contributed by atoms with E-state index in [1.165, 1.54) is 0 Å². The maximum Gasteiger partial charge on any atom is 0.247 e. The zero-order valence-electron chi connectivity index (χ0n) is 6.47. The van der Waals surface area contributed by atoms with E-state index < -0.39 is 16.1 Å². The van der Waals surface area contributed by atoms with Gasteiger partial charge < -0.3 is 5.11 Å². The number of sulfonamides is 1. The first kappa shape index (κ1) is 11.1. The van der Waals surface area contributed by atoms with Crippen LogP contribution in [0, 0.1) is 0 Å². The van der Waals surface area contributed by atoms with Crippen LogP contribution in [0.5, 0.6) is 0 Å². The maximum atomic E-state index is 11.0. The third-order valence-electron chi connectivity index (χ3n) is 1.42. The first-order chi connectivity index (χ1) is 5.96. The zero-order chi connectivity index (χ0) is 10.1. The monoisotopic (exact) mass is 285 g/mol. The standard InChI is InChI=1S/C6H8BrNO3S2/c7-3-5(9)4-1-2-12-6(4)13(8,10)11/h1-2,5,9H,3H2,(H2,8,10,11)/t5-/m1/s1. The van der Waals surface area contributed by atoms with Crippen LogP contribution in [-0.4, -0.2) is 18.9 Å². The highest BCUT2D eigenvalue weighted by Crippen LogP contribution is 2.27. The van der Waals surface area contributed by atoms with Gasteiger partial charge in [-0.15, -0.1) is 11.3 Å². The molecule has 3 N–H and O–H groups in total. The number of hydrogen-bond donors (Lipinski definition) is 2. The molecule has 1 aromatic rings. The zero-order valence-corrected chi connectivity index (χ0v) is 9.69. The Morgan fingerprint density at radius 2 is 2.31 bits per heavy atom. The fourth-order valence-electron chi connectivity index (χ4n) is 0.867. The van der Waals surface area contributed by atoms with Gasteiger partial charge in [0.05, 0.1) is 6.10 Å². The van der Waals surface area contributed by atoms with E-state index in [2.05, 4.69) is 15.9 Å². The van der Waals surface area contributed by atoms with Crippen LogP contribution in [0.2, 0.25) is 0 Å². The summed E-state index contributed by atoms with van der Waals surface area (Å²) in [6.07, 6.45) is -0.834. The second-order valence-corrected chi connectivity index (χ2v) is 5.70. The van der Waals surface area contributed by atoms with E-state index in [-0.39, 0.29) is 9.54 Å². The molecule has 0 bridgehead atoms. The van der Waals surface area contributed by atoms with Gasteiger partial charge in [0.1, 0.15) is 4.21 Å². The lowest BCUT2D eigenvalue weighted by atomic mass is 10.2. The molecule has 74 valence electrons. The van der Waals surface area contributed by atoms with E-state index in [4.69, 9.17) is 5.14 Å². The Morgan fingerprint density at radius 1 is 1.69 bits per heavy atom. The first-order valence-corrected chi connectivity index (χ1v) is 6.85. The van der Waals surface area contributed by atoms with Gasteiger partial charge in [-0.05, 0) is 11.4 Å². The number of aliphatic hydroxyl groups is 1. The van der Waals surface area contributed by atoms with Crippen LogP contribution in [0.25, 0.3) is 0 Å². The Hall–Kier alpha value is 0.0500. The summed E-state index contributed by atoms with van der Waals surface area (Å²) in [6, 6.07) is 1.55. The lowest BCUT2D eigenvalue weighted by Crippen LogP contribution is -2.14. The molecule has 0 radical (unpaired) electrons. The Bertz CT molecular complexity index is 386. The Morgan fingerprint density at radius 3 is 2.77 bits per heavy atom. The predicted octanol–water partition coefficient (Wildman–Crippen LogP) is 0.824. The van der Waals surface area contributed by atoms with Crippen LogP contribution in [-0.2, 0) is 10.0 Å². The maximum absolute atomic E-state index is 11.0. The van der Waals surface area contributed by atoms with Crippen molar-refractivity contribution >= 4 is 37.3 Å². The number of nitrogens with two attached hydrogens (primary N) is 1. The third kappa shape index (κ3) is 2.50. The second-order valence-electron chi connectivity index (χ2n) is 2.38. The molecule has 0 aromatic carbocycles. The molecule has 13 heavy (non-hydrogen) atoms. The highest BCUT2D eigenvalue weighted by atomic mass is 79.9. The Kier molecular flexibility index (Phi) is 3.47. The molecule has 0 fully saturated rings. The topological polar surface area (TPSA) is 80.4 Å². The van der Waals surface area contributed by atoms with Gasteiger partial charge in [-0.2, -0.15) is 0 Å². The van der Waals surface area contributed by atoms with Crippen LogP contribution in [0.3, 0.4) is 0 Å². The molecular weight excluding hydrogens is 278 g/mol. The fraction of sp³-hybridized carbons (Fsp3) is 0.333. The number of primary sulfonamides is 1. The number of rotatable bonds is 3. The van der Waals surface area contributed by atoms with Gasteiger partial charge in [-0.3, -0.25) is 0 Å². The van der Waals surface area contributed by atoms with Crippen LogP contribution >= 0.6 is 27.3 Å². The summed E-state index contributed by atoms with van der Waals surface area (Å²) in [4.78, 5) is 0. The molecule has 0 aliphatic carbocycles. The molecule has 0 aliphatic heterocycles. The number of thiophene rings is 1. The summed E-state index contributed by atoms with van der Waals surface area (Å²) in [5.41, 5.74) is 0.351. The van der Waals surface area contributed by atoms with Gasteiger partial charge in [0.15, 0.2) is 0 Å². The van der Waals surface area contributed by atoms with E-state index in [0.717, 1.165) is 11.3 Å². The molecule has 0 amide bonds. The molecule has 1 aromatic heterocycles. The van der Waals surface area contributed by atoms with Crippen molar-refractivity contribution in [2.45, 2.75) is 10.3 Å². The van der Waals surface area contributed by atoms with Gasteiger partial charge >= 0.3 is 0 Å². The number of aliphatic hydroxyl groups excluding tert-OH is 1. The molecule has 1 rings (SSSR count). The Balaban J connectivity index is 3.18. The van der Waals surface area contributed by atoms with Gasteiger partial charge in [-0.25, -0.2) is 13.6 Å². The van der Waals surface area contributed by atoms with E-state index in [1.54, 1.807) is 11.4 Å². The van der Waals surface area contributed by atoms with Crippen molar-refractivity contribution in [2.24, 2.45) is 5.14 Å². The highest BCUT2D eigenvalue weighted by Gasteiger charge is 2.20. The summed E-state index contributed by atoms with van der Waals surface area (Å²) in [5, 5.41) is 16.2. The van der Waals surface area contributed by atoms with Gasteiger partial charge in [-0.1, -0.05) is 15.9 Å². The molecule has 0 saturated heterocycles. The van der Waals surface area contributed by atoms with Crippen molar-refractivity contribution in [3.05, 3.63) is 17.0 Å². The lowest BCUT2D eigenvalue weighted by molar-refractivity contribution is 0.203. The number of halogens is 1. The van der Waals surface area contributed by atoms with E-state index in [1.807, 2.05) is 0 Å². The summed E-state index contributed by atoms with van der Waals surface area (Å²) in [6.45, 7) is 0. The van der Waals surface area contributed by atoms with Crippen LogP contribution in [0.1, 0.15) is 11.7 Å². The second kappa shape index (κ2) is 4.05. The summed E-state index contributed by atoms with van der Waals surface area (Å²) < 4.78 is 22.0. The van der Waals surface area contributed by atoms with Gasteiger partial charge in [0.2, 0.25) is 10.0 Å². The van der Waals surface area contributed by atoms with Gasteiger partial charge in [0, 0.05) is 10.9 Å². The Labute approximate surface area is 88.6 Å². The van der Waals surface area contributed by atoms with E-state index in [0.29, 0.717) is 5.56 Å². The molecule has 0 aliphatic rings. The molecule has 0 spiro atoms. The lowest BCUT2D eigenvalue weighted by Gasteiger charge is -2.06. The van der Waals surface area contributed by atoms with Crippen LogP contribution in [0.4, 0.5) is 0 Å². The van der Waals surface area contributed by atoms with E-state index in [9.17, 15) is 13.5 Å². The quantitative estimate of drug-likeness (QED) is 0.807. The highest BCUT2D eigenvalue weighted by molar-refractivity contribution is 9.09. The summed E-state index contributed by atoms with van der Waals surface area (Å²) in [7, 11) is -3.71. The normalized spacial score (nSPS) is 14.4. The largest absolute Gasteiger partial charge is 0.387 e. The van der Waals surface area contributed by atoms with Crippen molar-refractivity contribution in [1.82, 2.24) is 0 Å². The van der Waals surface area contributed by atoms with Crippen molar-refractivity contribution in [3.8, 4) is 0 Å². The summed E-state index contributed by atoms with van der Waals surface area (Å²) in [5.74, 6) is 0. The molecule has 0 unspecified atom stereocenters. The van der Waals surface area contributed by atoms with Crippen molar-refractivity contribution in [2.75, 3.05) is 5.33 Å². The van der Waals surface area contributed by atoms with Gasteiger partial charge in [0.25, 0.3) is 0 Å². The van der Waals surface area contributed by atoms with Crippen LogP contribution in [0.15, 0.2) is 15.7 Å². The predicted molar refractivity (Wildman–Crippen MR) is 54.4 cm³/mol.